The van der Waals surface area contributed by atoms with Gasteiger partial charge < -0.3 is 9.64 Å². The van der Waals surface area contributed by atoms with E-state index in [0.717, 1.165) is 55.4 Å². The Bertz CT molecular complexity index is 978. The molecule has 1 fully saturated rings. The van der Waals surface area contributed by atoms with Crippen LogP contribution in [0, 0.1) is 0 Å². The molecule has 2 aromatic heterocycles. The number of piperazine rings is 1. The number of aromatic nitrogens is 2. The lowest BCUT2D eigenvalue weighted by molar-refractivity contribution is 0.110. The molecule has 1 amide bonds. The van der Waals surface area contributed by atoms with Crippen LogP contribution < -0.4 is 4.74 Å². The number of thioether (sulfide) groups is 1. The van der Waals surface area contributed by atoms with Crippen LogP contribution in [0.25, 0.3) is 0 Å². The quantitative estimate of drug-likeness (QED) is 0.435. The SMILES string of the molecule is O=C(Oc1ccc(CCSc2ccccn2)cc1)N1CCN(CCCc2ccccn2)CC1. The molecule has 0 unspecified atom stereocenters. The topological polar surface area (TPSA) is 58.6 Å². The molecule has 7 heteroatoms. The van der Waals surface area contributed by atoms with Crippen molar-refractivity contribution in [2.24, 2.45) is 0 Å². The number of nitrogens with zero attached hydrogens (tertiary/aromatic N) is 4. The number of carbonyl (C=O) groups is 1. The van der Waals surface area contributed by atoms with Crippen LogP contribution in [0.5, 0.6) is 5.75 Å². The highest BCUT2D eigenvalue weighted by molar-refractivity contribution is 7.99. The van der Waals surface area contributed by atoms with E-state index in [4.69, 9.17) is 4.74 Å². The van der Waals surface area contributed by atoms with E-state index >= 15 is 0 Å². The Kier molecular flexibility index (Phi) is 8.72. The standard InChI is InChI=1S/C26H30N4O2S/c31-26(30-19-17-29(18-20-30)16-5-7-23-6-1-3-14-27-23)32-24-11-9-22(10-12-24)13-21-33-25-8-2-4-15-28-25/h1-4,6,8-12,14-15H,5,7,13,16-21H2. The van der Waals surface area contributed by atoms with Crippen LogP contribution in [-0.2, 0) is 12.8 Å². The molecule has 3 aromatic rings. The van der Waals surface area contributed by atoms with Gasteiger partial charge in [-0.1, -0.05) is 24.3 Å². The number of carbonyl (C=O) groups excluding carboxylic acids is 1. The van der Waals surface area contributed by atoms with E-state index in [1.807, 2.05) is 67.0 Å². The van der Waals surface area contributed by atoms with Crippen LogP contribution >= 0.6 is 11.8 Å². The third-order valence-corrected chi connectivity index (χ3v) is 6.62. The summed E-state index contributed by atoms with van der Waals surface area (Å²) in [7, 11) is 0. The number of hydrogen-bond acceptors (Lipinski definition) is 6. The van der Waals surface area contributed by atoms with E-state index in [9.17, 15) is 4.79 Å². The number of benzene rings is 1. The second-order valence-electron chi connectivity index (χ2n) is 8.03. The molecule has 0 atom stereocenters. The first kappa shape index (κ1) is 23.3. The van der Waals surface area contributed by atoms with E-state index in [-0.39, 0.29) is 6.09 Å². The molecule has 0 radical (unpaired) electrons. The van der Waals surface area contributed by atoms with Gasteiger partial charge in [0.1, 0.15) is 5.75 Å². The molecule has 172 valence electrons. The predicted octanol–water partition coefficient (Wildman–Crippen LogP) is 4.56. The first-order valence-electron chi connectivity index (χ1n) is 11.5. The van der Waals surface area contributed by atoms with E-state index in [0.29, 0.717) is 18.8 Å². The Labute approximate surface area is 200 Å². The number of rotatable bonds is 9. The average molecular weight is 463 g/mol. The summed E-state index contributed by atoms with van der Waals surface area (Å²) < 4.78 is 5.60. The van der Waals surface area contributed by atoms with Crippen LogP contribution in [0.1, 0.15) is 17.7 Å². The minimum absolute atomic E-state index is 0.262. The second-order valence-corrected chi connectivity index (χ2v) is 9.15. The van der Waals surface area contributed by atoms with Gasteiger partial charge in [0.05, 0.1) is 5.03 Å². The fourth-order valence-electron chi connectivity index (χ4n) is 3.78. The molecule has 0 bridgehead atoms. The number of amides is 1. The van der Waals surface area contributed by atoms with Crippen LogP contribution in [0.4, 0.5) is 4.79 Å². The minimum atomic E-state index is -0.262. The summed E-state index contributed by atoms with van der Waals surface area (Å²) in [4.78, 5) is 25.5. The van der Waals surface area contributed by atoms with E-state index in [1.165, 1.54) is 5.56 Å². The Hall–Kier alpha value is -2.90. The lowest BCUT2D eigenvalue weighted by atomic mass is 10.2. The summed E-state index contributed by atoms with van der Waals surface area (Å²) in [6.45, 7) is 4.18. The zero-order valence-electron chi connectivity index (χ0n) is 18.8. The van der Waals surface area contributed by atoms with Crippen LogP contribution in [0.15, 0.2) is 78.1 Å². The zero-order valence-corrected chi connectivity index (χ0v) is 19.6. The van der Waals surface area contributed by atoms with Crippen molar-refractivity contribution in [2.45, 2.75) is 24.3 Å². The molecular formula is C26H30N4O2S. The molecule has 1 aliphatic heterocycles. The second kappa shape index (κ2) is 12.4. The van der Waals surface area contributed by atoms with Crippen molar-refractivity contribution in [3.63, 3.8) is 0 Å². The summed E-state index contributed by atoms with van der Waals surface area (Å²) in [5.74, 6) is 1.56. The molecule has 0 saturated carbocycles. The van der Waals surface area contributed by atoms with Gasteiger partial charge in [-0.15, -0.1) is 11.8 Å². The molecule has 0 aliphatic carbocycles. The molecule has 0 spiro atoms. The molecule has 0 N–H and O–H groups in total. The number of aryl methyl sites for hydroxylation is 2. The van der Waals surface area contributed by atoms with Crippen LogP contribution in [-0.4, -0.2) is 64.3 Å². The molecule has 4 rings (SSSR count). The number of pyridine rings is 2. The fraction of sp³-hybridized carbons (Fsp3) is 0.346. The summed E-state index contributed by atoms with van der Waals surface area (Å²) in [6.07, 6.45) is 6.40. The van der Waals surface area contributed by atoms with Gasteiger partial charge in [-0.05, 0) is 67.8 Å². The first-order valence-corrected chi connectivity index (χ1v) is 12.5. The summed E-state index contributed by atoms with van der Waals surface area (Å²) in [5.41, 5.74) is 2.36. The zero-order chi connectivity index (χ0) is 22.7. The maximum Gasteiger partial charge on any atom is 0.415 e. The largest absolute Gasteiger partial charge is 0.415 e. The van der Waals surface area contributed by atoms with Crippen LogP contribution in [0.2, 0.25) is 0 Å². The van der Waals surface area contributed by atoms with Gasteiger partial charge in [0.2, 0.25) is 0 Å². The van der Waals surface area contributed by atoms with E-state index in [1.54, 1.807) is 16.7 Å². The summed E-state index contributed by atoms with van der Waals surface area (Å²) >= 11 is 1.74. The van der Waals surface area contributed by atoms with Crippen molar-refractivity contribution in [3.05, 3.63) is 84.3 Å². The van der Waals surface area contributed by atoms with Gasteiger partial charge in [-0.3, -0.25) is 9.88 Å². The highest BCUT2D eigenvalue weighted by atomic mass is 32.2. The third-order valence-electron chi connectivity index (χ3n) is 5.67. The van der Waals surface area contributed by atoms with Gasteiger partial charge in [0.25, 0.3) is 0 Å². The molecule has 33 heavy (non-hydrogen) atoms. The van der Waals surface area contributed by atoms with E-state index in [2.05, 4.69) is 20.9 Å². The van der Waals surface area contributed by atoms with Crippen molar-refractivity contribution in [1.29, 1.82) is 0 Å². The highest BCUT2D eigenvalue weighted by Crippen LogP contribution is 2.19. The average Bonchev–Trinajstić information content (AvgIpc) is 2.87. The van der Waals surface area contributed by atoms with Gasteiger partial charge in [-0.25, -0.2) is 9.78 Å². The van der Waals surface area contributed by atoms with Crippen molar-refractivity contribution < 1.29 is 9.53 Å². The lowest BCUT2D eigenvalue weighted by Gasteiger charge is -2.34. The van der Waals surface area contributed by atoms with Gasteiger partial charge in [0.15, 0.2) is 0 Å². The maximum absolute atomic E-state index is 12.6. The van der Waals surface area contributed by atoms with Gasteiger partial charge >= 0.3 is 6.09 Å². The molecule has 6 nitrogen and oxygen atoms in total. The fourth-order valence-corrected chi connectivity index (χ4v) is 4.64. The number of hydrogen-bond donors (Lipinski definition) is 0. The maximum atomic E-state index is 12.6. The van der Waals surface area contributed by atoms with Crippen molar-refractivity contribution in [3.8, 4) is 5.75 Å². The lowest BCUT2D eigenvalue weighted by Crippen LogP contribution is -2.49. The monoisotopic (exact) mass is 462 g/mol. The predicted molar refractivity (Wildman–Crippen MR) is 132 cm³/mol. The van der Waals surface area contributed by atoms with Crippen molar-refractivity contribution in [1.82, 2.24) is 19.8 Å². The van der Waals surface area contributed by atoms with Crippen molar-refractivity contribution in [2.75, 3.05) is 38.5 Å². The highest BCUT2D eigenvalue weighted by Gasteiger charge is 2.22. The molecular weight excluding hydrogens is 432 g/mol. The molecule has 1 aromatic carbocycles. The summed E-state index contributed by atoms with van der Waals surface area (Å²) in [6, 6.07) is 19.8. The van der Waals surface area contributed by atoms with E-state index < -0.39 is 0 Å². The summed E-state index contributed by atoms with van der Waals surface area (Å²) in [5, 5.41) is 1.04. The Morgan fingerprint density at radius 2 is 1.64 bits per heavy atom. The first-order chi connectivity index (χ1) is 16.3. The minimum Gasteiger partial charge on any atom is -0.410 e. The van der Waals surface area contributed by atoms with Crippen molar-refractivity contribution >= 4 is 17.9 Å². The molecule has 1 aliphatic rings. The Morgan fingerprint density at radius 1 is 0.879 bits per heavy atom. The normalized spacial score (nSPS) is 14.2. The third kappa shape index (κ3) is 7.58. The van der Waals surface area contributed by atoms with Gasteiger partial charge in [0, 0.05) is 50.0 Å². The van der Waals surface area contributed by atoms with Crippen LogP contribution in [0.3, 0.4) is 0 Å². The molecule has 1 saturated heterocycles. The Balaban J connectivity index is 1.14. The van der Waals surface area contributed by atoms with Gasteiger partial charge in [-0.2, -0.15) is 0 Å². The number of ether oxygens (including phenoxy) is 1. The molecule has 3 heterocycles. The Morgan fingerprint density at radius 3 is 2.33 bits per heavy atom. The smallest absolute Gasteiger partial charge is 0.410 e.